The van der Waals surface area contributed by atoms with E-state index in [0.29, 0.717) is 6.54 Å². The summed E-state index contributed by atoms with van der Waals surface area (Å²) < 4.78 is 0. The standard InChI is InChI=1S/C11H19NO2/c1-4-6-7-8-12(5-2)9-10(3)11(13)14/h10H,5,7-9H2,1-3H3,(H,13,14). The highest BCUT2D eigenvalue weighted by atomic mass is 16.4. The highest BCUT2D eigenvalue weighted by molar-refractivity contribution is 5.69. The quantitative estimate of drug-likeness (QED) is 0.655. The average molecular weight is 197 g/mol. The molecule has 0 aromatic carbocycles. The molecule has 0 fully saturated rings. The molecule has 1 atom stereocenters. The Morgan fingerprint density at radius 2 is 2.21 bits per heavy atom. The van der Waals surface area contributed by atoms with E-state index in [1.807, 2.05) is 13.8 Å². The monoisotopic (exact) mass is 197 g/mol. The summed E-state index contributed by atoms with van der Waals surface area (Å²) in [6, 6.07) is 0. The third-order valence-electron chi connectivity index (χ3n) is 2.13. The van der Waals surface area contributed by atoms with Gasteiger partial charge >= 0.3 is 5.97 Å². The van der Waals surface area contributed by atoms with E-state index in [9.17, 15) is 4.79 Å². The fourth-order valence-electron chi connectivity index (χ4n) is 1.18. The summed E-state index contributed by atoms with van der Waals surface area (Å²) in [7, 11) is 0. The Hall–Kier alpha value is -1.01. The van der Waals surface area contributed by atoms with E-state index in [-0.39, 0.29) is 5.92 Å². The van der Waals surface area contributed by atoms with E-state index in [0.717, 1.165) is 19.5 Å². The molecule has 0 aromatic heterocycles. The second kappa shape index (κ2) is 7.40. The molecule has 0 spiro atoms. The van der Waals surface area contributed by atoms with Gasteiger partial charge in [0, 0.05) is 19.5 Å². The molecule has 0 heterocycles. The summed E-state index contributed by atoms with van der Waals surface area (Å²) in [5.41, 5.74) is 0. The molecule has 3 heteroatoms. The van der Waals surface area contributed by atoms with Crippen LogP contribution in [0.1, 0.15) is 27.2 Å². The van der Waals surface area contributed by atoms with Crippen LogP contribution in [0.5, 0.6) is 0 Å². The lowest BCUT2D eigenvalue weighted by atomic mass is 10.1. The molecule has 0 bridgehead atoms. The number of aliphatic carboxylic acids is 1. The van der Waals surface area contributed by atoms with E-state index in [1.54, 1.807) is 6.92 Å². The Kier molecular flexibility index (Phi) is 6.87. The normalized spacial score (nSPS) is 12.0. The van der Waals surface area contributed by atoms with Gasteiger partial charge in [-0.2, -0.15) is 0 Å². The molecule has 0 aromatic rings. The van der Waals surface area contributed by atoms with Gasteiger partial charge in [0.15, 0.2) is 0 Å². The first-order valence-electron chi connectivity index (χ1n) is 4.96. The topological polar surface area (TPSA) is 40.5 Å². The molecular formula is C11H19NO2. The van der Waals surface area contributed by atoms with Gasteiger partial charge in [-0.1, -0.05) is 13.8 Å². The van der Waals surface area contributed by atoms with E-state index in [4.69, 9.17) is 5.11 Å². The van der Waals surface area contributed by atoms with E-state index in [1.165, 1.54) is 0 Å². The van der Waals surface area contributed by atoms with Gasteiger partial charge in [0.05, 0.1) is 5.92 Å². The maximum atomic E-state index is 10.6. The van der Waals surface area contributed by atoms with Crippen molar-refractivity contribution in [3.63, 3.8) is 0 Å². The van der Waals surface area contributed by atoms with Crippen LogP contribution in [-0.2, 0) is 4.79 Å². The van der Waals surface area contributed by atoms with Crippen molar-refractivity contribution in [3.05, 3.63) is 0 Å². The molecule has 0 aliphatic heterocycles. The van der Waals surface area contributed by atoms with Crippen molar-refractivity contribution in [3.8, 4) is 11.8 Å². The Balaban J connectivity index is 3.87. The molecule has 0 saturated carbocycles. The molecular weight excluding hydrogens is 178 g/mol. The number of hydrogen-bond donors (Lipinski definition) is 1. The van der Waals surface area contributed by atoms with Gasteiger partial charge in [0.25, 0.3) is 0 Å². The van der Waals surface area contributed by atoms with Gasteiger partial charge in [0.1, 0.15) is 0 Å². The zero-order valence-corrected chi connectivity index (χ0v) is 9.21. The van der Waals surface area contributed by atoms with Crippen LogP contribution in [0.25, 0.3) is 0 Å². The molecule has 0 saturated heterocycles. The van der Waals surface area contributed by atoms with Crippen LogP contribution in [0.15, 0.2) is 0 Å². The van der Waals surface area contributed by atoms with Crippen molar-refractivity contribution >= 4 is 5.97 Å². The second-order valence-electron chi connectivity index (χ2n) is 3.31. The summed E-state index contributed by atoms with van der Waals surface area (Å²) >= 11 is 0. The Labute approximate surface area is 86.1 Å². The largest absolute Gasteiger partial charge is 0.481 e. The van der Waals surface area contributed by atoms with Crippen LogP contribution >= 0.6 is 0 Å². The Bertz CT molecular complexity index is 227. The fourth-order valence-corrected chi connectivity index (χ4v) is 1.18. The van der Waals surface area contributed by atoms with Crippen LogP contribution in [0, 0.1) is 17.8 Å². The lowest BCUT2D eigenvalue weighted by molar-refractivity contribution is -0.141. The van der Waals surface area contributed by atoms with E-state index in [2.05, 4.69) is 16.7 Å². The molecule has 0 aliphatic rings. The minimum absolute atomic E-state index is 0.301. The van der Waals surface area contributed by atoms with Gasteiger partial charge in [-0.25, -0.2) is 0 Å². The van der Waals surface area contributed by atoms with Crippen molar-refractivity contribution in [1.29, 1.82) is 0 Å². The highest BCUT2D eigenvalue weighted by Crippen LogP contribution is 2.00. The van der Waals surface area contributed by atoms with E-state index >= 15 is 0 Å². The zero-order valence-electron chi connectivity index (χ0n) is 9.21. The number of nitrogens with zero attached hydrogens (tertiary/aromatic N) is 1. The van der Waals surface area contributed by atoms with Crippen LogP contribution in [-0.4, -0.2) is 35.6 Å². The van der Waals surface area contributed by atoms with Gasteiger partial charge in [-0.15, -0.1) is 11.8 Å². The summed E-state index contributed by atoms with van der Waals surface area (Å²) in [6.07, 6.45) is 0.816. The van der Waals surface area contributed by atoms with Gasteiger partial charge in [-0.3, -0.25) is 4.79 Å². The average Bonchev–Trinajstić information content (AvgIpc) is 2.16. The first-order valence-corrected chi connectivity index (χ1v) is 4.96. The molecule has 0 amide bonds. The lowest BCUT2D eigenvalue weighted by Gasteiger charge is -2.21. The molecule has 3 nitrogen and oxygen atoms in total. The van der Waals surface area contributed by atoms with Gasteiger partial charge in [-0.05, 0) is 13.5 Å². The van der Waals surface area contributed by atoms with Crippen LogP contribution in [0.3, 0.4) is 0 Å². The van der Waals surface area contributed by atoms with Crippen molar-refractivity contribution in [2.24, 2.45) is 5.92 Å². The Morgan fingerprint density at radius 3 is 2.64 bits per heavy atom. The summed E-state index contributed by atoms with van der Waals surface area (Å²) in [5, 5.41) is 8.74. The second-order valence-corrected chi connectivity index (χ2v) is 3.31. The van der Waals surface area contributed by atoms with Gasteiger partial charge < -0.3 is 10.0 Å². The number of carboxylic acid groups (broad SMARTS) is 1. The molecule has 1 N–H and O–H groups in total. The molecule has 14 heavy (non-hydrogen) atoms. The Morgan fingerprint density at radius 1 is 1.57 bits per heavy atom. The molecule has 0 aliphatic carbocycles. The molecule has 80 valence electrons. The number of carboxylic acids is 1. The first-order chi connectivity index (χ1) is 6.61. The number of carbonyl (C=O) groups is 1. The maximum absolute atomic E-state index is 10.6. The van der Waals surface area contributed by atoms with Crippen molar-refractivity contribution in [2.45, 2.75) is 27.2 Å². The van der Waals surface area contributed by atoms with Crippen molar-refractivity contribution < 1.29 is 9.90 Å². The predicted molar refractivity (Wildman–Crippen MR) is 57.0 cm³/mol. The highest BCUT2D eigenvalue weighted by Gasteiger charge is 2.14. The van der Waals surface area contributed by atoms with Crippen LogP contribution in [0.4, 0.5) is 0 Å². The summed E-state index contributed by atoms with van der Waals surface area (Å²) in [5.74, 6) is 4.77. The molecule has 0 rings (SSSR count). The van der Waals surface area contributed by atoms with Gasteiger partial charge in [0.2, 0.25) is 0 Å². The molecule has 0 radical (unpaired) electrons. The first kappa shape index (κ1) is 13.0. The minimum Gasteiger partial charge on any atom is -0.481 e. The third kappa shape index (κ3) is 5.60. The lowest BCUT2D eigenvalue weighted by Crippen LogP contribution is -2.32. The predicted octanol–water partition coefficient (Wildman–Crippen LogP) is 1.44. The number of hydrogen-bond acceptors (Lipinski definition) is 2. The number of rotatable bonds is 6. The van der Waals surface area contributed by atoms with Crippen LogP contribution < -0.4 is 0 Å². The SMILES string of the molecule is CC#CCCN(CC)CC(C)C(=O)O. The smallest absolute Gasteiger partial charge is 0.307 e. The zero-order chi connectivity index (χ0) is 11.0. The third-order valence-corrected chi connectivity index (χ3v) is 2.13. The van der Waals surface area contributed by atoms with Crippen LogP contribution in [0.2, 0.25) is 0 Å². The maximum Gasteiger partial charge on any atom is 0.307 e. The summed E-state index contributed by atoms with van der Waals surface area (Å²) in [4.78, 5) is 12.7. The summed E-state index contributed by atoms with van der Waals surface area (Å²) in [6.45, 7) is 7.93. The van der Waals surface area contributed by atoms with Crippen molar-refractivity contribution in [2.75, 3.05) is 19.6 Å². The van der Waals surface area contributed by atoms with E-state index < -0.39 is 5.97 Å². The molecule has 1 unspecified atom stereocenters. The minimum atomic E-state index is -0.731. The van der Waals surface area contributed by atoms with Crippen molar-refractivity contribution in [1.82, 2.24) is 4.90 Å². The fraction of sp³-hybridized carbons (Fsp3) is 0.727.